The van der Waals surface area contributed by atoms with E-state index >= 15 is 0 Å². The molecule has 1 saturated heterocycles. The van der Waals surface area contributed by atoms with Gasteiger partial charge in [-0.15, -0.1) is 0 Å². The molecule has 2 aromatic rings. The van der Waals surface area contributed by atoms with E-state index in [4.69, 9.17) is 5.26 Å². The number of nitrogens with zero attached hydrogens (tertiary/aromatic N) is 3. The Morgan fingerprint density at radius 1 is 1.12 bits per heavy atom. The quantitative estimate of drug-likeness (QED) is 0.849. The van der Waals surface area contributed by atoms with Crippen molar-refractivity contribution >= 4 is 5.91 Å². The monoisotopic (exact) mass is 345 g/mol. The molecule has 2 aliphatic heterocycles. The van der Waals surface area contributed by atoms with Crippen molar-refractivity contribution in [2.45, 2.75) is 32.4 Å². The Bertz CT molecular complexity index is 866. The van der Waals surface area contributed by atoms with Crippen LogP contribution in [0.25, 0.3) is 11.1 Å². The Labute approximate surface area is 154 Å². The number of likely N-dealkylation sites (tertiary alicyclic amines) is 1. The maximum atomic E-state index is 12.7. The molecule has 1 amide bonds. The van der Waals surface area contributed by atoms with Crippen LogP contribution in [0.15, 0.2) is 42.5 Å². The molecule has 4 nitrogen and oxygen atoms in total. The molecule has 4 rings (SSSR count). The number of hydrogen-bond donors (Lipinski definition) is 0. The average molecular weight is 345 g/mol. The number of fused-ring (bicyclic) bond motifs is 1. The van der Waals surface area contributed by atoms with Gasteiger partial charge in [0.15, 0.2) is 0 Å². The minimum absolute atomic E-state index is 0.151. The highest BCUT2D eigenvalue weighted by Gasteiger charge is 2.28. The summed E-state index contributed by atoms with van der Waals surface area (Å²) in [5, 5.41) is 8.93. The van der Waals surface area contributed by atoms with Gasteiger partial charge in [0.05, 0.1) is 11.6 Å². The second-order valence-corrected chi connectivity index (χ2v) is 7.32. The molecule has 0 spiro atoms. The fraction of sp³-hybridized carbons (Fsp3) is 0.364. The molecule has 132 valence electrons. The molecular formula is C22H23N3O. The van der Waals surface area contributed by atoms with Crippen molar-refractivity contribution in [1.29, 1.82) is 5.26 Å². The number of hydrogen-bond acceptors (Lipinski definition) is 3. The maximum absolute atomic E-state index is 12.7. The number of amides is 1. The largest absolute Gasteiger partial charge is 0.333 e. The third-order valence-electron chi connectivity index (χ3n) is 5.68. The second kappa shape index (κ2) is 6.93. The van der Waals surface area contributed by atoms with E-state index in [0.717, 1.165) is 41.9 Å². The van der Waals surface area contributed by atoms with E-state index in [1.165, 1.54) is 12.8 Å². The van der Waals surface area contributed by atoms with Gasteiger partial charge in [-0.2, -0.15) is 5.26 Å². The van der Waals surface area contributed by atoms with Gasteiger partial charge in [-0.25, -0.2) is 0 Å². The van der Waals surface area contributed by atoms with E-state index in [1.54, 1.807) is 0 Å². The van der Waals surface area contributed by atoms with Gasteiger partial charge >= 0.3 is 0 Å². The van der Waals surface area contributed by atoms with Crippen LogP contribution < -0.4 is 0 Å². The number of benzene rings is 2. The summed E-state index contributed by atoms with van der Waals surface area (Å²) < 4.78 is 0. The minimum atomic E-state index is 0.151. The van der Waals surface area contributed by atoms with Gasteiger partial charge in [-0.1, -0.05) is 18.2 Å². The minimum Gasteiger partial charge on any atom is -0.333 e. The molecule has 26 heavy (non-hydrogen) atoms. The van der Waals surface area contributed by atoms with Crippen LogP contribution in [0.2, 0.25) is 0 Å². The highest BCUT2D eigenvalue weighted by atomic mass is 16.2. The summed E-state index contributed by atoms with van der Waals surface area (Å²) in [5.74, 6) is 0.151. The molecular weight excluding hydrogens is 322 g/mol. The Hall–Kier alpha value is -2.64. The highest BCUT2D eigenvalue weighted by Crippen LogP contribution is 2.29. The number of rotatable bonds is 4. The van der Waals surface area contributed by atoms with Crippen molar-refractivity contribution in [2.24, 2.45) is 0 Å². The lowest BCUT2D eigenvalue weighted by molar-refractivity contribution is 0.0756. The Morgan fingerprint density at radius 2 is 1.88 bits per heavy atom. The van der Waals surface area contributed by atoms with Gasteiger partial charge in [-0.3, -0.25) is 9.69 Å². The summed E-state index contributed by atoms with van der Waals surface area (Å²) in [6.07, 6.45) is 2.53. The van der Waals surface area contributed by atoms with Crippen LogP contribution in [0.4, 0.5) is 0 Å². The summed E-state index contributed by atoms with van der Waals surface area (Å²) in [6, 6.07) is 16.4. The highest BCUT2D eigenvalue weighted by molar-refractivity contribution is 5.99. The summed E-state index contributed by atoms with van der Waals surface area (Å²) in [5.41, 5.74) is 4.76. The fourth-order valence-electron chi connectivity index (χ4n) is 4.05. The fourth-order valence-corrected chi connectivity index (χ4v) is 4.05. The van der Waals surface area contributed by atoms with Crippen molar-refractivity contribution in [2.75, 3.05) is 19.6 Å². The lowest BCUT2D eigenvalue weighted by atomic mass is 10.00. The van der Waals surface area contributed by atoms with Crippen molar-refractivity contribution in [1.82, 2.24) is 9.80 Å². The summed E-state index contributed by atoms with van der Waals surface area (Å²) in [6.45, 7) is 5.88. The molecule has 0 radical (unpaired) electrons. The van der Waals surface area contributed by atoms with Crippen molar-refractivity contribution < 1.29 is 4.79 Å². The van der Waals surface area contributed by atoms with Gasteiger partial charge in [0.2, 0.25) is 0 Å². The molecule has 0 bridgehead atoms. The summed E-state index contributed by atoms with van der Waals surface area (Å²) in [7, 11) is 0. The summed E-state index contributed by atoms with van der Waals surface area (Å²) in [4.78, 5) is 17.1. The normalized spacial score (nSPS) is 19.6. The summed E-state index contributed by atoms with van der Waals surface area (Å²) >= 11 is 0. The third-order valence-corrected chi connectivity index (χ3v) is 5.68. The van der Waals surface area contributed by atoms with E-state index in [-0.39, 0.29) is 5.91 Å². The molecule has 0 aliphatic carbocycles. The van der Waals surface area contributed by atoms with Crippen LogP contribution in [0.5, 0.6) is 0 Å². The van der Waals surface area contributed by atoms with Crippen LogP contribution in [0.1, 0.15) is 41.3 Å². The van der Waals surface area contributed by atoms with Crippen molar-refractivity contribution in [3.63, 3.8) is 0 Å². The zero-order valence-corrected chi connectivity index (χ0v) is 15.1. The van der Waals surface area contributed by atoms with Gasteiger partial charge in [0.1, 0.15) is 0 Å². The Morgan fingerprint density at radius 3 is 2.58 bits per heavy atom. The number of carbonyl (C=O) groups excluding carboxylic acids is 1. The second-order valence-electron chi connectivity index (χ2n) is 7.32. The maximum Gasteiger partial charge on any atom is 0.254 e. The lowest BCUT2D eigenvalue weighted by Crippen LogP contribution is -2.36. The molecule has 2 aromatic carbocycles. The van der Waals surface area contributed by atoms with Crippen LogP contribution in [0.3, 0.4) is 0 Å². The van der Waals surface area contributed by atoms with Crippen LogP contribution in [-0.2, 0) is 6.54 Å². The van der Waals surface area contributed by atoms with Gasteiger partial charge < -0.3 is 4.90 Å². The van der Waals surface area contributed by atoms with Crippen LogP contribution >= 0.6 is 0 Å². The first-order valence-corrected chi connectivity index (χ1v) is 9.32. The first-order valence-electron chi connectivity index (χ1n) is 9.32. The van der Waals surface area contributed by atoms with E-state index < -0.39 is 0 Å². The van der Waals surface area contributed by atoms with Gasteiger partial charge in [-0.05, 0) is 67.3 Å². The molecule has 0 saturated carbocycles. The van der Waals surface area contributed by atoms with E-state index in [1.807, 2.05) is 41.3 Å². The topological polar surface area (TPSA) is 47.3 Å². The molecule has 1 atom stereocenters. The molecule has 1 fully saturated rings. The SMILES string of the molecule is CC1CCCN1CCN1Cc2cc(-c3ccc(C#N)cc3)ccc2C1=O. The third kappa shape index (κ3) is 3.11. The first kappa shape index (κ1) is 16.8. The molecule has 4 heteroatoms. The van der Waals surface area contributed by atoms with Crippen molar-refractivity contribution in [3.8, 4) is 17.2 Å². The molecule has 1 unspecified atom stereocenters. The van der Waals surface area contributed by atoms with Crippen molar-refractivity contribution in [3.05, 3.63) is 59.2 Å². The number of nitriles is 1. The van der Waals surface area contributed by atoms with Crippen LogP contribution in [-0.4, -0.2) is 41.4 Å². The van der Waals surface area contributed by atoms with E-state index in [0.29, 0.717) is 18.2 Å². The standard InChI is InChI=1S/C22H23N3O/c1-16-3-2-10-24(16)11-12-25-15-20-13-19(8-9-21(20)22(25)26)18-6-4-17(14-23)5-7-18/h4-9,13,16H,2-3,10-12,15H2,1H3. The molecule has 0 N–H and O–H groups in total. The molecule has 0 aromatic heterocycles. The predicted octanol–water partition coefficient (Wildman–Crippen LogP) is 3.67. The molecule has 2 aliphatic rings. The Balaban J connectivity index is 1.48. The van der Waals surface area contributed by atoms with Gasteiger partial charge in [0, 0.05) is 31.2 Å². The van der Waals surface area contributed by atoms with E-state index in [9.17, 15) is 4.79 Å². The first-order chi connectivity index (χ1) is 12.7. The molecule has 2 heterocycles. The zero-order chi connectivity index (χ0) is 18.1. The zero-order valence-electron chi connectivity index (χ0n) is 15.1. The lowest BCUT2D eigenvalue weighted by Gasteiger charge is -2.24. The van der Waals surface area contributed by atoms with Gasteiger partial charge in [0.25, 0.3) is 5.91 Å². The average Bonchev–Trinajstić information content (AvgIpc) is 3.22. The number of carbonyl (C=O) groups is 1. The smallest absolute Gasteiger partial charge is 0.254 e. The van der Waals surface area contributed by atoms with E-state index in [2.05, 4.69) is 24.0 Å². The van der Waals surface area contributed by atoms with Crippen LogP contribution in [0, 0.1) is 11.3 Å². The predicted molar refractivity (Wildman–Crippen MR) is 102 cm³/mol. The Kier molecular flexibility index (Phi) is 4.48.